The van der Waals surface area contributed by atoms with Crippen LogP contribution in [0.1, 0.15) is 19.8 Å². The molecule has 0 fully saturated rings. The van der Waals surface area contributed by atoms with Crippen molar-refractivity contribution in [1.29, 1.82) is 0 Å². The first-order valence-corrected chi connectivity index (χ1v) is 4.04. The van der Waals surface area contributed by atoms with Crippen molar-refractivity contribution in [1.82, 2.24) is 0 Å². The molecule has 0 spiro atoms. The highest BCUT2D eigenvalue weighted by Gasteiger charge is 2.36. The lowest BCUT2D eigenvalue weighted by Crippen LogP contribution is -2.17. The Morgan fingerprint density at radius 2 is 2.08 bits per heavy atom. The molecule has 0 heterocycles. The molecule has 0 saturated carbocycles. The third-order valence-corrected chi connectivity index (χ3v) is 2.23. The van der Waals surface area contributed by atoms with Gasteiger partial charge in [0.05, 0.1) is 12.2 Å². The molecule has 74 valence electrons. The SMILES string of the molecule is CC1=C(CO)CCC=C1C(F)(F)F. The maximum absolute atomic E-state index is 12.3. The fourth-order valence-corrected chi connectivity index (χ4v) is 1.45. The van der Waals surface area contributed by atoms with Gasteiger partial charge >= 0.3 is 6.18 Å². The van der Waals surface area contributed by atoms with E-state index in [2.05, 4.69) is 0 Å². The minimum absolute atomic E-state index is 0.182. The lowest BCUT2D eigenvalue weighted by molar-refractivity contribution is -0.0899. The third kappa shape index (κ3) is 2.12. The number of alkyl halides is 3. The predicted octanol–water partition coefficient (Wildman–Crippen LogP) is 2.58. The van der Waals surface area contributed by atoms with Gasteiger partial charge in [-0.2, -0.15) is 13.2 Å². The zero-order valence-corrected chi connectivity index (χ0v) is 7.28. The van der Waals surface area contributed by atoms with Gasteiger partial charge in [-0.15, -0.1) is 0 Å². The molecule has 0 atom stereocenters. The Bertz CT molecular complexity index is 261. The summed E-state index contributed by atoms with van der Waals surface area (Å²) in [4.78, 5) is 0. The first-order valence-electron chi connectivity index (χ1n) is 4.04. The molecule has 0 aromatic rings. The van der Waals surface area contributed by atoms with Gasteiger partial charge in [-0.3, -0.25) is 0 Å². The van der Waals surface area contributed by atoms with Crippen LogP contribution in [0.15, 0.2) is 22.8 Å². The summed E-state index contributed by atoms with van der Waals surface area (Å²) in [5.74, 6) is 0. The Hall–Kier alpha value is -0.770. The third-order valence-electron chi connectivity index (χ3n) is 2.23. The van der Waals surface area contributed by atoms with Crippen molar-refractivity contribution in [3.05, 3.63) is 22.8 Å². The molecule has 1 nitrogen and oxygen atoms in total. The first kappa shape index (κ1) is 10.3. The van der Waals surface area contributed by atoms with Crippen molar-refractivity contribution < 1.29 is 18.3 Å². The highest BCUT2D eigenvalue weighted by Crippen LogP contribution is 2.36. The normalized spacial score (nSPS) is 19.0. The minimum Gasteiger partial charge on any atom is -0.392 e. The number of hydrogen-bond acceptors (Lipinski definition) is 1. The Balaban J connectivity index is 3.00. The second-order valence-corrected chi connectivity index (χ2v) is 3.04. The Kier molecular flexibility index (Phi) is 2.81. The molecular weight excluding hydrogens is 181 g/mol. The fraction of sp³-hybridized carbons (Fsp3) is 0.556. The first-order chi connectivity index (χ1) is 5.96. The summed E-state index contributed by atoms with van der Waals surface area (Å²) in [6, 6.07) is 0. The van der Waals surface area contributed by atoms with Crippen LogP contribution in [0, 0.1) is 0 Å². The summed E-state index contributed by atoms with van der Waals surface area (Å²) in [5.41, 5.74) is 0.0823. The second kappa shape index (κ2) is 3.54. The van der Waals surface area contributed by atoms with Crippen molar-refractivity contribution in [2.75, 3.05) is 6.61 Å². The standard InChI is InChI=1S/C9H11F3O/c1-6-7(5-13)3-2-4-8(6)9(10,11)12/h4,13H,2-3,5H2,1H3. The summed E-state index contributed by atoms with van der Waals surface area (Å²) in [5, 5.41) is 8.79. The van der Waals surface area contributed by atoms with Gasteiger partial charge in [0.1, 0.15) is 0 Å². The maximum atomic E-state index is 12.3. The molecule has 4 heteroatoms. The van der Waals surface area contributed by atoms with Crippen LogP contribution in [0.3, 0.4) is 0 Å². The Morgan fingerprint density at radius 1 is 1.46 bits per heavy atom. The molecule has 0 aromatic carbocycles. The van der Waals surface area contributed by atoms with E-state index in [1.807, 2.05) is 0 Å². The molecule has 0 bridgehead atoms. The second-order valence-electron chi connectivity index (χ2n) is 3.04. The largest absolute Gasteiger partial charge is 0.416 e. The van der Waals surface area contributed by atoms with Crippen molar-refractivity contribution in [2.24, 2.45) is 0 Å². The molecule has 0 aromatic heterocycles. The van der Waals surface area contributed by atoms with Crippen LogP contribution in [0.2, 0.25) is 0 Å². The number of hydrogen-bond donors (Lipinski definition) is 1. The van der Waals surface area contributed by atoms with E-state index < -0.39 is 11.7 Å². The molecule has 1 N–H and O–H groups in total. The average Bonchev–Trinajstić information content (AvgIpc) is 2.02. The van der Waals surface area contributed by atoms with E-state index in [1.54, 1.807) is 0 Å². The van der Waals surface area contributed by atoms with Crippen molar-refractivity contribution in [3.8, 4) is 0 Å². The van der Waals surface area contributed by atoms with Gasteiger partial charge in [0.15, 0.2) is 0 Å². The van der Waals surface area contributed by atoms with E-state index in [-0.39, 0.29) is 12.2 Å². The molecule has 13 heavy (non-hydrogen) atoms. The van der Waals surface area contributed by atoms with E-state index in [1.165, 1.54) is 13.0 Å². The molecule has 1 rings (SSSR count). The monoisotopic (exact) mass is 192 g/mol. The van der Waals surface area contributed by atoms with E-state index in [9.17, 15) is 13.2 Å². The van der Waals surface area contributed by atoms with Crippen LogP contribution >= 0.6 is 0 Å². The fourth-order valence-electron chi connectivity index (χ4n) is 1.45. The van der Waals surface area contributed by atoms with E-state index in [4.69, 9.17) is 5.11 Å². The predicted molar refractivity (Wildman–Crippen MR) is 43.2 cm³/mol. The van der Waals surface area contributed by atoms with Gasteiger partial charge in [-0.1, -0.05) is 6.08 Å². The summed E-state index contributed by atoms with van der Waals surface area (Å²) in [6.07, 6.45) is -2.20. The smallest absolute Gasteiger partial charge is 0.392 e. The van der Waals surface area contributed by atoms with Crippen molar-refractivity contribution >= 4 is 0 Å². The maximum Gasteiger partial charge on any atom is 0.416 e. The van der Waals surface area contributed by atoms with Crippen LogP contribution in [-0.4, -0.2) is 17.9 Å². The van der Waals surface area contributed by atoms with Gasteiger partial charge in [0.25, 0.3) is 0 Å². The summed E-state index contributed by atoms with van der Waals surface area (Å²) >= 11 is 0. The number of halogens is 3. The summed E-state index contributed by atoms with van der Waals surface area (Å²) in [6.45, 7) is 1.13. The van der Waals surface area contributed by atoms with Crippen molar-refractivity contribution in [2.45, 2.75) is 25.9 Å². The van der Waals surface area contributed by atoms with Crippen LogP contribution in [0.25, 0.3) is 0 Å². The molecule has 1 aliphatic rings. The van der Waals surface area contributed by atoms with E-state index in [0.717, 1.165) is 0 Å². The molecule has 0 saturated heterocycles. The van der Waals surface area contributed by atoms with Gasteiger partial charge in [0.2, 0.25) is 0 Å². The molecular formula is C9H11F3O. The van der Waals surface area contributed by atoms with Gasteiger partial charge in [-0.05, 0) is 30.9 Å². The molecule has 1 aliphatic carbocycles. The zero-order valence-electron chi connectivity index (χ0n) is 7.28. The quantitative estimate of drug-likeness (QED) is 0.677. The van der Waals surface area contributed by atoms with Crippen LogP contribution < -0.4 is 0 Å². The van der Waals surface area contributed by atoms with E-state index >= 15 is 0 Å². The summed E-state index contributed by atoms with van der Waals surface area (Å²) in [7, 11) is 0. The lowest BCUT2D eigenvalue weighted by Gasteiger charge is -2.20. The highest BCUT2D eigenvalue weighted by atomic mass is 19.4. The molecule has 0 unspecified atom stereocenters. The number of rotatable bonds is 1. The summed E-state index contributed by atoms with van der Waals surface area (Å²) < 4.78 is 37.0. The molecule has 0 radical (unpaired) electrons. The molecule has 0 amide bonds. The number of aliphatic hydroxyl groups excluding tert-OH is 1. The molecule has 0 aliphatic heterocycles. The number of aliphatic hydroxyl groups is 1. The number of allylic oxidation sites excluding steroid dienone is 3. The van der Waals surface area contributed by atoms with Gasteiger partial charge in [-0.25, -0.2) is 0 Å². The minimum atomic E-state index is -4.29. The van der Waals surface area contributed by atoms with Crippen LogP contribution in [-0.2, 0) is 0 Å². The van der Waals surface area contributed by atoms with Crippen LogP contribution in [0.4, 0.5) is 13.2 Å². The Morgan fingerprint density at radius 3 is 2.54 bits per heavy atom. The van der Waals surface area contributed by atoms with E-state index in [0.29, 0.717) is 18.4 Å². The van der Waals surface area contributed by atoms with Gasteiger partial charge < -0.3 is 5.11 Å². The topological polar surface area (TPSA) is 20.2 Å². The highest BCUT2D eigenvalue weighted by molar-refractivity contribution is 5.40. The van der Waals surface area contributed by atoms with Crippen LogP contribution in [0.5, 0.6) is 0 Å². The lowest BCUT2D eigenvalue weighted by atomic mass is 9.92. The zero-order chi connectivity index (χ0) is 10.1. The Labute approximate surface area is 74.6 Å². The average molecular weight is 192 g/mol. The van der Waals surface area contributed by atoms with Crippen molar-refractivity contribution in [3.63, 3.8) is 0 Å². The van der Waals surface area contributed by atoms with Gasteiger partial charge in [0, 0.05) is 0 Å².